The minimum Gasteiger partial charge on any atom is -0.427 e. The predicted octanol–water partition coefficient (Wildman–Crippen LogP) is 10.4. The monoisotopic (exact) mass is 542 g/mol. The maximum absolute atomic E-state index is 12.2. The number of nitrogens with zero attached hydrogens (tertiary/aromatic N) is 2. The quantitative estimate of drug-likeness (QED) is 0.0859. The van der Waals surface area contributed by atoms with Crippen LogP contribution in [0.4, 0.5) is 0 Å². The molecule has 0 radical (unpaired) electrons. The summed E-state index contributed by atoms with van der Waals surface area (Å²) in [6.07, 6.45) is 21.6. The molecule has 4 heteroatoms. The first kappa shape index (κ1) is 31.5. The van der Waals surface area contributed by atoms with Crippen molar-refractivity contribution in [1.82, 2.24) is 9.97 Å². The Hall–Kier alpha value is -3.01. The molecule has 1 atom stereocenters. The SMILES string of the molecule is CCCCCCCCCc1ccc(-c2ncc(-c3ccc(OC(=O)CCCCCCC(C)CC)cc3)cn2)cc1. The van der Waals surface area contributed by atoms with Crippen molar-refractivity contribution < 1.29 is 9.53 Å². The van der Waals surface area contributed by atoms with Crippen molar-refractivity contribution in [2.24, 2.45) is 5.92 Å². The number of esters is 1. The van der Waals surface area contributed by atoms with E-state index < -0.39 is 0 Å². The van der Waals surface area contributed by atoms with Gasteiger partial charge in [-0.15, -0.1) is 0 Å². The summed E-state index contributed by atoms with van der Waals surface area (Å²) in [5, 5.41) is 0. The first-order chi connectivity index (χ1) is 19.6. The van der Waals surface area contributed by atoms with Crippen LogP contribution in [0.2, 0.25) is 0 Å². The van der Waals surface area contributed by atoms with Gasteiger partial charge in [0, 0.05) is 29.9 Å². The van der Waals surface area contributed by atoms with Crippen LogP contribution in [0, 0.1) is 5.92 Å². The third kappa shape index (κ3) is 11.6. The molecule has 1 heterocycles. The summed E-state index contributed by atoms with van der Waals surface area (Å²) in [6.45, 7) is 6.82. The Morgan fingerprint density at radius 2 is 1.30 bits per heavy atom. The molecule has 1 aromatic heterocycles. The highest BCUT2D eigenvalue weighted by molar-refractivity contribution is 5.73. The summed E-state index contributed by atoms with van der Waals surface area (Å²) in [5.41, 5.74) is 4.35. The third-order valence-electron chi connectivity index (χ3n) is 7.88. The van der Waals surface area contributed by atoms with Gasteiger partial charge in [0.1, 0.15) is 5.75 Å². The molecule has 0 saturated carbocycles. The van der Waals surface area contributed by atoms with Gasteiger partial charge in [-0.25, -0.2) is 9.97 Å². The first-order valence-corrected chi connectivity index (χ1v) is 15.8. The molecular formula is C36H50N2O2. The van der Waals surface area contributed by atoms with Gasteiger partial charge in [-0.3, -0.25) is 4.79 Å². The average molecular weight is 543 g/mol. The second-order valence-corrected chi connectivity index (χ2v) is 11.3. The minimum absolute atomic E-state index is 0.157. The lowest BCUT2D eigenvalue weighted by Gasteiger charge is -2.08. The van der Waals surface area contributed by atoms with Crippen molar-refractivity contribution in [3.05, 3.63) is 66.5 Å². The predicted molar refractivity (Wildman–Crippen MR) is 167 cm³/mol. The summed E-state index contributed by atoms with van der Waals surface area (Å²) in [7, 11) is 0. The molecule has 3 rings (SSSR count). The summed E-state index contributed by atoms with van der Waals surface area (Å²) in [5.74, 6) is 1.96. The molecule has 0 aliphatic rings. The standard InChI is InChI=1S/C36H50N2O2/c1-4-6-7-8-9-10-14-17-30-19-21-32(22-20-30)36-37-27-33(28-38-36)31-23-25-34(26-24-31)40-35(39)18-15-12-11-13-16-29(3)5-2/h19-29H,4-18H2,1-3H3. The molecule has 40 heavy (non-hydrogen) atoms. The van der Waals surface area contributed by atoms with Crippen LogP contribution in [0.5, 0.6) is 5.75 Å². The Morgan fingerprint density at radius 3 is 1.98 bits per heavy atom. The fourth-order valence-corrected chi connectivity index (χ4v) is 4.95. The van der Waals surface area contributed by atoms with Crippen molar-refractivity contribution in [2.45, 2.75) is 117 Å². The normalized spacial score (nSPS) is 11.9. The number of unbranched alkanes of at least 4 members (excludes halogenated alkanes) is 9. The highest BCUT2D eigenvalue weighted by Crippen LogP contribution is 2.24. The highest BCUT2D eigenvalue weighted by atomic mass is 16.5. The Labute approximate surface area is 243 Å². The molecule has 0 saturated heterocycles. The van der Waals surface area contributed by atoms with E-state index in [1.807, 2.05) is 36.7 Å². The number of hydrogen-bond acceptors (Lipinski definition) is 4. The fraction of sp³-hybridized carbons (Fsp3) is 0.528. The van der Waals surface area contributed by atoms with E-state index in [9.17, 15) is 4.79 Å². The van der Waals surface area contributed by atoms with Crippen molar-refractivity contribution in [1.29, 1.82) is 0 Å². The van der Waals surface area contributed by atoms with Crippen LogP contribution >= 0.6 is 0 Å². The van der Waals surface area contributed by atoms with Crippen LogP contribution in [-0.2, 0) is 11.2 Å². The van der Waals surface area contributed by atoms with Crippen LogP contribution in [0.25, 0.3) is 22.5 Å². The second-order valence-electron chi connectivity index (χ2n) is 11.3. The highest BCUT2D eigenvalue weighted by Gasteiger charge is 2.08. The van der Waals surface area contributed by atoms with E-state index >= 15 is 0 Å². The molecule has 0 spiro atoms. The summed E-state index contributed by atoms with van der Waals surface area (Å²) in [6, 6.07) is 16.3. The zero-order chi connectivity index (χ0) is 28.4. The lowest BCUT2D eigenvalue weighted by Crippen LogP contribution is -2.07. The van der Waals surface area contributed by atoms with Crippen LogP contribution < -0.4 is 4.74 Å². The van der Waals surface area contributed by atoms with Gasteiger partial charge in [0.05, 0.1) is 0 Å². The molecule has 0 fully saturated rings. The Kier molecular flexibility index (Phi) is 14.5. The van der Waals surface area contributed by atoms with E-state index in [1.54, 1.807) is 0 Å². The first-order valence-electron chi connectivity index (χ1n) is 15.8. The van der Waals surface area contributed by atoms with Crippen molar-refractivity contribution in [3.63, 3.8) is 0 Å². The van der Waals surface area contributed by atoms with Gasteiger partial charge in [-0.2, -0.15) is 0 Å². The molecule has 4 nitrogen and oxygen atoms in total. The van der Waals surface area contributed by atoms with E-state index in [-0.39, 0.29) is 5.97 Å². The number of hydrogen-bond donors (Lipinski definition) is 0. The average Bonchev–Trinajstić information content (AvgIpc) is 2.99. The van der Waals surface area contributed by atoms with Gasteiger partial charge >= 0.3 is 5.97 Å². The van der Waals surface area contributed by atoms with Crippen molar-refractivity contribution >= 4 is 5.97 Å². The molecule has 0 aliphatic carbocycles. The molecule has 3 aromatic rings. The minimum atomic E-state index is -0.157. The Morgan fingerprint density at radius 1 is 0.700 bits per heavy atom. The summed E-state index contributed by atoms with van der Waals surface area (Å²) < 4.78 is 5.53. The van der Waals surface area contributed by atoms with Gasteiger partial charge in [0.25, 0.3) is 0 Å². The molecule has 0 amide bonds. The Bertz CT molecular complexity index is 1090. The number of carbonyl (C=O) groups is 1. The van der Waals surface area contributed by atoms with Gasteiger partial charge in [-0.1, -0.05) is 128 Å². The van der Waals surface area contributed by atoms with Crippen LogP contribution in [0.3, 0.4) is 0 Å². The van der Waals surface area contributed by atoms with Gasteiger partial charge in [0.2, 0.25) is 0 Å². The molecule has 0 bridgehead atoms. The summed E-state index contributed by atoms with van der Waals surface area (Å²) in [4.78, 5) is 21.4. The third-order valence-corrected chi connectivity index (χ3v) is 7.88. The van der Waals surface area contributed by atoms with Gasteiger partial charge in [0.15, 0.2) is 5.82 Å². The van der Waals surface area contributed by atoms with Gasteiger partial charge < -0.3 is 4.74 Å². The smallest absolute Gasteiger partial charge is 0.311 e. The van der Waals surface area contributed by atoms with Crippen LogP contribution in [0.1, 0.15) is 116 Å². The van der Waals surface area contributed by atoms with E-state index in [1.165, 1.54) is 76.2 Å². The molecule has 2 aromatic carbocycles. The molecule has 0 N–H and O–H groups in total. The number of ether oxygens (including phenoxy) is 1. The molecule has 216 valence electrons. The summed E-state index contributed by atoms with van der Waals surface area (Å²) >= 11 is 0. The van der Waals surface area contributed by atoms with E-state index in [0.29, 0.717) is 12.2 Å². The number of aromatic nitrogens is 2. The zero-order valence-corrected chi connectivity index (χ0v) is 25.2. The number of aryl methyl sites for hydroxylation is 1. The van der Waals surface area contributed by atoms with Crippen molar-refractivity contribution in [3.8, 4) is 28.3 Å². The van der Waals surface area contributed by atoms with E-state index in [4.69, 9.17) is 4.74 Å². The molecule has 0 aliphatic heterocycles. The van der Waals surface area contributed by atoms with Crippen LogP contribution in [0.15, 0.2) is 60.9 Å². The molecule has 1 unspecified atom stereocenters. The number of carbonyl (C=O) groups excluding carboxylic acids is 1. The largest absolute Gasteiger partial charge is 0.427 e. The maximum Gasteiger partial charge on any atom is 0.311 e. The lowest BCUT2D eigenvalue weighted by molar-refractivity contribution is -0.134. The second kappa shape index (κ2) is 18.4. The number of rotatable bonds is 19. The fourth-order valence-electron chi connectivity index (χ4n) is 4.95. The zero-order valence-electron chi connectivity index (χ0n) is 25.2. The Balaban J connectivity index is 1.40. The van der Waals surface area contributed by atoms with E-state index in [0.717, 1.165) is 47.7 Å². The van der Waals surface area contributed by atoms with Crippen molar-refractivity contribution in [2.75, 3.05) is 0 Å². The lowest BCUT2D eigenvalue weighted by atomic mass is 10.0. The molecular weight excluding hydrogens is 492 g/mol. The number of benzene rings is 2. The van der Waals surface area contributed by atoms with E-state index in [2.05, 4.69) is 55.0 Å². The van der Waals surface area contributed by atoms with Gasteiger partial charge in [-0.05, 0) is 48.4 Å². The van der Waals surface area contributed by atoms with Crippen LogP contribution in [-0.4, -0.2) is 15.9 Å². The maximum atomic E-state index is 12.2. The topological polar surface area (TPSA) is 52.1 Å².